The van der Waals surface area contributed by atoms with Crippen LogP contribution in [0, 0.1) is 5.41 Å². The quantitative estimate of drug-likeness (QED) is 0.437. The first-order valence-corrected chi connectivity index (χ1v) is 8.80. The van der Waals surface area contributed by atoms with Crippen LogP contribution in [0.2, 0.25) is 0 Å². The Labute approximate surface area is 147 Å². The molecule has 2 atom stereocenters. The smallest absolute Gasteiger partial charge is 0.261 e. The van der Waals surface area contributed by atoms with Crippen LogP contribution >= 0.6 is 12.4 Å². The fourth-order valence-corrected chi connectivity index (χ4v) is 3.70. The molecule has 0 radical (unpaired) electrons. The van der Waals surface area contributed by atoms with E-state index in [0.29, 0.717) is 18.4 Å². The zero-order valence-corrected chi connectivity index (χ0v) is 14.9. The number of amides is 1. The lowest BCUT2D eigenvalue weighted by Crippen LogP contribution is -2.59. The number of nitrogens with zero attached hydrogens (tertiary/aromatic N) is 1. The highest BCUT2D eigenvalue weighted by Gasteiger charge is 2.35. The average molecular weight is 376 g/mol. The van der Waals surface area contributed by atoms with E-state index in [-0.39, 0.29) is 30.8 Å². The van der Waals surface area contributed by atoms with Crippen molar-refractivity contribution in [2.75, 3.05) is 13.6 Å². The summed E-state index contributed by atoms with van der Waals surface area (Å²) in [6.07, 6.45) is 0.277. The second-order valence-corrected chi connectivity index (χ2v) is 7.46. The van der Waals surface area contributed by atoms with Crippen LogP contribution < -0.4 is 15.8 Å². The molecule has 0 aromatic heterocycles. The Balaban J connectivity index is 0.00000288. The SMILES string of the molecule is CNS(=O)(=O)C1CCC(N(C(=N)N)C(=O)c2ccccc2)NC1.Cl. The van der Waals surface area contributed by atoms with Gasteiger partial charge in [0.15, 0.2) is 5.96 Å². The number of rotatable bonds is 4. The summed E-state index contributed by atoms with van der Waals surface area (Å²) in [5.74, 6) is -0.753. The van der Waals surface area contributed by atoms with E-state index < -0.39 is 21.4 Å². The van der Waals surface area contributed by atoms with Gasteiger partial charge in [0.25, 0.3) is 5.91 Å². The molecule has 1 amide bonds. The molecule has 1 heterocycles. The van der Waals surface area contributed by atoms with E-state index in [1.54, 1.807) is 30.3 Å². The lowest BCUT2D eigenvalue weighted by molar-refractivity contribution is 0.0755. The molecule has 0 saturated carbocycles. The van der Waals surface area contributed by atoms with Crippen LogP contribution in [0.4, 0.5) is 0 Å². The molecule has 0 spiro atoms. The molecule has 1 saturated heterocycles. The van der Waals surface area contributed by atoms with Crippen molar-refractivity contribution >= 4 is 34.3 Å². The van der Waals surface area contributed by atoms with Gasteiger partial charge in [0.05, 0.1) is 11.4 Å². The van der Waals surface area contributed by atoms with E-state index in [0.717, 1.165) is 4.90 Å². The molecule has 1 aromatic carbocycles. The Morgan fingerprint density at radius 1 is 1.33 bits per heavy atom. The van der Waals surface area contributed by atoms with Gasteiger partial charge in [-0.1, -0.05) is 18.2 Å². The lowest BCUT2D eigenvalue weighted by Gasteiger charge is -2.36. The molecule has 1 aromatic rings. The van der Waals surface area contributed by atoms with Gasteiger partial charge in [-0.25, -0.2) is 13.1 Å². The van der Waals surface area contributed by atoms with Crippen molar-refractivity contribution < 1.29 is 13.2 Å². The Bertz CT molecular complexity index is 675. The van der Waals surface area contributed by atoms with Crippen molar-refractivity contribution in [3.05, 3.63) is 35.9 Å². The highest BCUT2D eigenvalue weighted by molar-refractivity contribution is 7.90. The van der Waals surface area contributed by atoms with Gasteiger partial charge in [-0.3, -0.25) is 20.4 Å². The largest absolute Gasteiger partial charge is 0.370 e. The molecule has 2 rings (SSSR count). The van der Waals surface area contributed by atoms with E-state index in [1.807, 2.05) is 0 Å². The second kappa shape index (κ2) is 8.43. The number of nitrogens with one attached hydrogen (secondary N) is 3. The summed E-state index contributed by atoms with van der Waals surface area (Å²) in [6, 6.07) is 8.55. The molecule has 134 valence electrons. The normalized spacial score (nSPS) is 20.7. The molecule has 0 aliphatic carbocycles. The van der Waals surface area contributed by atoms with E-state index >= 15 is 0 Å². The Kier molecular flexibility index (Phi) is 7.15. The summed E-state index contributed by atoms with van der Waals surface area (Å²) >= 11 is 0. The third kappa shape index (κ3) is 4.44. The maximum atomic E-state index is 12.6. The average Bonchev–Trinajstić information content (AvgIpc) is 2.56. The van der Waals surface area contributed by atoms with Crippen LogP contribution in [-0.4, -0.2) is 50.2 Å². The molecule has 1 fully saturated rings. The maximum Gasteiger partial charge on any atom is 0.261 e. The number of guanidine groups is 1. The van der Waals surface area contributed by atoms with Gasteiger partial charge in [-0.15, -0.1) is 12.4 Å². The summed E-state index contributed by atoms with van der Waals surface area (Å²) in [7, 11) is -1.99. The number of hydrogen-bond donors (Lipinski definition) is 4. The molecule has 2 unspecified atom stereocenters. The summed E-state index contributed by atoms with van der Waals surface area (Å²) in [5, 5.41) is 10.1. The van der Waals surface area contributed by atoms with Crippen LogP contribution in [0.25, 0.3) is 0 Å². The first-order chi connectivity index (χ1) is 10.9. The molecule has 5 N–H and O–H groups in total. The number of benzene rings is 1. The third-order valence-corrected chi connectivity index (χ3v) is 5.73. The summed E-state index contributed by atoms with van der Waals surface area (Å²) in [4.78, 5) is 13.7. The van der Waals surface area contributed by atoms with E-state index in [9.17, 15) is 13.2 Å². The minimum Gasteiger partial charge on any atom is -0.370 e. The van der Waals surface area contributed by atoms with Crippen LogP contribution in [0.15, 0.2) is 30.3 Å². The van der Waals surface area contributed by atoms with E-state index in [4.69, 9.17) is 11.1 Å². The number of halogens is 1. The van der Waals surface area contributed by atoms with Gasteiger partial charge in [0, 0.05) is 12.1 Å². The van der Waals surface area contributed by atoms with Gasteiger partial charge in [0.2, 0.25) is 10.0 Å². The fraction of sp³-hybridized carbons (Fsp3) is 0.429. The number of hydrogen-bond acceptors (Lipinski definition) is 5. The molecule has 1 aliphatic heterocycles. The Morgan fingerprint density at radius 2 is 1.96 bits per heavy atom. The first kappa shape index (κ1) is 20.4. The topological polar surface area (TPSA) is 128 Å². The first-order valence-electron chi connectivity index (χ1n) is 7.25. The predicted molar refractivity (Wildman–Crippen MR) is 94.6 cm³/mol. The van der Waals surface area contributed by atoms with Gasteiger partial charge >= 0.3 is 0 Å². The highest BCUT2D eigenvalue weighted by atomic mass is 35.5. The molecule has 8 nitrogen and oxygen atoms in total. The summed E-state index contributed by atoms with van der Waals surface area (Å²) in [6.45, 7) is 0.194. The lowest BCUT2D eigenvalue weighted by atomic mass is 10.1. The van der Waals surface area contributed by atoms with Crippen molar-refractivity contribution in [3.63, 3.8) is 0 Å². The van der Waals surface area contributed by atoms with Crippen molar-refractivity contribution in [1.29, 1.82) is 5.41 Å². The predicted octanol–water partition coefficient (Wildman–Crippen LogP) is 0.0714. The minimum atomic E-state index is -3.36. The van der Waals surface area contributed by atoms with Crippen molar-refractivity contribution in [2.45, 2.75) is 24.3 Å². The third-order valence-electron chi connectivity index (χ3n) is 3.88. The zero-order valence-electron chi connectivity index (χ0n) is 13.2. The molecular formula is C14H22ClN5O3S. The summed E-state index contributed by atoms with van der Waals surface area (Å²) in [5.41, 5.74) is 6.00. The van der Waals surface area contributed by atoms with E-state index in [2.05, 4.69) is 10.0 Å². The molecule has 0 bridgehead atoms. The number of piperidine rings is 1. The number of carbonyl (C=O) groups is 1. The minimum absolute atomic E-state index is 0. The van der Waals surface area contributed by atoms with Crippen LogP contribution in [0.1, 0.15) is 23.2 Å². The van der Waals surface area contributed by atoms with Gasteiger partial charge in [-0.2, -0.15) is 0 Å². The number of sulfonamides is 1. The van der Waals surface area contributed by atoms with E-state index in [1.165, 1.54) is 7.05 Å². The van der Waals surface area contributed by atoms with Gasteiger partial charge < -0.3 is 5.73 Å². The van der Waals surface area contributed by atoms with Gasteiger partial charge in [0.1, 0.15) is 0 Å². The van der Waals surface area contributed by atoms with Gasteiger partial charge in [-0.05, 0) is 32.0 Å². The van der Waals surface area contributed by atoms with Crippen molar-refractivity contribution in [3.8, 4) is 0 Å². The summed E-state index contributed by atoms with van der Waals surface area (Å²) < 4.78 is 26.0. The maximum absolute atomic E-state index is 12.6. The van der Waals surface area contributed by atoms with Crippen molar-refractivity contribution in [1.82, 2.24) is 14.9 Å². The van der Waals surface area contributed by atoms with Crippen LogP contribution in [0.5, 0.6) is 0 Å². The van der Waals surface area contributed by atoms with Crippen LogP contribution in [-0.2, 0) is 10.0 Å². The molecule has 10 heteroatoms. The molecule has 1 aliphatic rings. The zero-order chi connectivity index (χ0) is 17.0. The highest BCUT2D eigenvalue weighted by Crippen LogP contribution is 2.18. The van der Waals surface area contributed by atoms with Crippen LogP contribution in [0.3, 0.4) is 0 Å². The fourth-order valence-electron chi connectivity index (χ4n) is 2.61. The second-order valence-electron chi connectivity index (χ2n) is 5.30. The Morgan fingerprint density at radius 3 is 2.42 bits per heavy atom. The number of nitrogens with two attached hydrogens (primary N) is 1. The molecule has 24 heavy (non-hydrogen) atoms. The van der Waals surface area contributed by atoms with Crippen molar-refractivity contribution in [2.24, 2.45) is 5.73 Å². The number of carbonyl (C=O) groups excluding carboxylic acids is 1. The monoisotopic (exact) mass is 375 g/mol. The standard InChI is InChI=1S/C14H21N5O3S.ClH/c1-17-23(21,22)11-7-8-12(18-9-11)19(14(15)16)13(20)10-5-3-2-4-6-10;/h2-6,11-12,17-18H,7-9H2,1H3,(H3,15,16);1H. The Hall–Kier alpha value is -1.68. The molecular weight excluding hydrogens is 354 g/mol.